The summed E-state index contributed by atoms with van der Waals surface area (Å²) in [5, 5.41) is 8.75. The molecule has 0 radical (unpaired) electrons. The first kappa shape index (κ1) is 20.2. The monoisotopic (exact) mass is 436 g/mol. The number of aromatic nitrogens is 3. The maximum Gasteiger partial charge on any atom is 0.271 e. The van der Waals surface area contributed by atoms with Gasteiger partial charge in [-0.1, -0.05) is 30.3 Å². The number of rotatable bonds is 5. The number of carbonyl (C=O) groups is 1. The van der Waals surface area contributed by atoms with Crippen LogP contribution in [-0.4, -0.2) is 27.1 Å². The van der Waals surface area contributed by atoms with Crippen LogP contribution < -0.4 is 16.3 Å². The molecule has 0 atom stereocenters. The number of anilines is 2. The Labute approximate surface area is 188 Å². The van der Waals surface area contributed by atoms with Gasteiger partial charge in [0.15, 0.2) is 0 Å². The van der Waals surface area contributed by atoms with Crippen LogP contribution in [0.25, 0.3) is 21.8 Å². The lowest BCUT2D eigenvalue weighted by Crippen LogP contribution is -2.17. The molecule has 3 aromatic carbocycles. The number of nitrogens with one attached hydrogen (secondary N) is 4. The molecular formula is C25H20N6O2. The molecule has 0 saturated heterocycles. The summed E-state index contributed by atoms with van der Waals surface area (Å²) in [5.74, 6) is 0.00197. The molecule has 8 nitrogen and oxygen atoms in total. The first-order valence-electron chi connectivity index (χ1n) is 10.4. The van der Waals surface area contributed by atoms with Gasteiger partial charge in [-0.05, 0) is 49.4 Å². The Bertz CT molecular complexity index is 1560. The number of hydrogen-bond donors (Lipinski definition) is 4. The third-order valence-corrected chi connectivity index (χ3v) is 5.33. The van der Waals surface area contributed by atoms with Crippen LogP contribution >= 0.6 is 0 Å². The fourth-order valence-corrected chi connectivity index (χ4v) is 3.67. The highest BCUT2D eigenvalue weighted by atomic mass is 16.2. The average Bonchev–Trinajstić information content (AvgIpc) is 3.14. The molecule has 0 saturated carbocycles. The number of aryl methyl sites for hydroxylation is 1. The molecule has 0 aliphatic rings. The Morgan fingerprint density at radius 3 is 2.48 bits per heavy atom. The molecule has 0 aliphatic heterocycles. The minimum atomic E-state index is -0.326. The fourth-order valence-electron chi connectivity index (χ4n) is 3.67. The Kier molecular flexibility index (Phi) is 5.16. The van der Waals surface area contributed by atoms with Gasteiger partial charge in [0, 0.05) is 33.4 Å². The summed E-state index contributed by atoms with van der Waals surface area (Å²) in [6, 6.07) is 21.9. The number of nitrogens with zero attached hydrogens (tertiary/aromatic N) is 2. The number of fused-ring (bicyclic) bond motifs is 2. The second-order valence-corrected chi connectivity index (χ2v) is 7.54. The van der Waals surface area contributed by atoms with Crippen molar-refractivity contribution in [3.05, 3.63) is 100.0 Å². The Morgan fingerprint density at radius 1 is 0.939 bits per heavy atom. The number of hydrogen-bond acceptors (Lipinski definition) is 5. The Morgan fingerprint density at radius 2 is 1.67 bits per heavy atom. The van der Waals surface area contributed by atoms with E-state index < -0.39 is 0 Å². The van der Waals surface area contributed by atoms with Gasteiger partial charge in [-0.25, -0.2) is 10.4 Å². The highest BCUT2D eigenvalue weighted by molar-refractivity contribution is 6.01. The van der Waals surface area contributed by atoms with Crippen molar-refractivity contribution in [3.63, 3.8) is 0 Å². The summed E-state index contributed by atoms with van der Waals surface area (Å²) >= 11 is 0. The molecule has 5 aromatic rings. The standard InChI is InChI=1S/C25H20N6O2/c1-15-20(18-6-2-4-8-21(18)27-15)14-26-31-23(32)16-10-12-17(13-11-16)28-25-29-22-9-5-3-7-19(22)24(33)30-25/h2-14,27H,1H3,(H,31,32)(H2,28,29,30,33)/b26-14-. The number of hydrazone groups is 1. The van der Waals surface area contributed by atoms with Gasteiger partial charge in [0.05, 0.1) is 17.1 Å². The first-order valence-corrected chi connectivity index (χ1v) is 10.4. The van der Waals surface area contributed by atoms with Crippen molar-refractivity contribution in [1.29, 1.82) is 0 Å². The third kappa shape index (κ3) is 4.09. The molecule has 0 bridgehead atoms. The van der Waals surface area contributed by atoms with Crippen LogP contribution in [0.4, 0.5) is 11.6 Å². The van der Waals surface area contributed by atoms with Crippen molar-refractivity contribution in [1.82, 2.24) is 20.4 Å². The highest BCUT2D eigenvalue weighted by Crippen LogP contribution is 2.20. The lowest BCUT2D eigenvalue weighted by molar-refractivity contribution is 0.0955. The number of benzene rings is 3. The van der Waals surface area contributed by atoms with Crippen LogP contribution in [0.3, 0.4) is 0 Å². The zero-order valence-electron chi connectivity index (χ0n) is 17.7. The van der Waals surface area contributed by atoms with Gasteiger partial charge in [0.1, 0.15) is 0 Å². The second kappa shape index (κ2) is 8.43. The Hall–Kier alpha value is -4.72. The van der Waals surface area contributed by atoms with Gasteiger partial charge in [-0.15, -0.1) is 0 Å². The SMILES string of the molecule is Cc1[nH]c2ccccc2c1/C=N\NC(=O)c1ccc(Nc2nc3ccccc3c(=O)[nH]2)cc1. The lowest BCUT2D eigenvalue weighted by Gasteiger charge is -2.07. The van der Waals surface area contributed by atoms with E-state index in [1.807, 2.05) is 37.3 Å². The molecule has 2 heterocycles. The molecule has 0 unspecified atom stereocenters. The molecule has 33 heavy (non-hydrogen) atoms. The van der Waals surface area contributed by atoms with Crippen LogP contribution in [0.1, 0.15) is 21.6 Å². The summed E-state index contributed by atoms with van der Waals surface area (Å²) < 4.78 is 0. The van der Waals surface area contributed by atoms with E-state index in [-0.39, 0.29) is 11.5 Å². The Balaban J connectivity index is 1.27. The number of carbonyl (C=O) groups excluding carboxylic acids is 1. The van der Waals surface area contributed by atoms with Crippen molar-refractivity contribution in [2.24, 2.45) is 5.10 Å². The van der Waals surface area contributed by atoms with Crippen molar-refractivity contribution in [2.45, 2.75) is 6.92 Å². The molecule has 4 N–H and O–H groups in total. The normalized spacial score (nSPS) is 11.3. The molecular weight excluding hydrogens is 416 g/mol. The molecule has 2 aromatic heterocycles. The van der Waals surface area contributed by atoms with Gasteiger partial charge < -0.3 is 10.3 Å². The average molecular weight is 436 g/mol. The van der Waals surface area contributed by atoms with E-state index in [1.54, 1.807) is 48.7 Å². The molecule has 1 amide bonds. The van der Waals surface area contributed by atoms with E-state index in [9.17, 15) is 9.59 Å². The summed E-state index contributed by atoms with van der Waals surface area (Å²) in [7, 11) is 0. The first-order chi connectivity index (χ1) is 16.1. The topological polar surface area (TPSA) is 115 Å². The summed E-state index contributed by atoms with van der Waals surface area (Å²) in [5.41, 5.74) is 7.01. The molecule has 0 aliphatic carbocycles. The molecule has 162 valence electrons. The van der Waals surface area contributed by atoms with E-state index in [0.717, 1.165) is 22.2 Å². The van der Waals surface area contributed by atoms with Crippen molar-refractivity contribution >= 4 is 45.6 Å². The van der Waals surface area contributed by atoms with Crippen LogP contribution in [0.5, 0.6) is 0 Å². The van der Waals surface area contributed by atoms with Gasteiger partial charge in [-0.2, -0.15) is 5.10 Å². The van der Waals surface area contributed by atoms with Crippen LogP contribution in [0.2, 0.25) is 0 Å². The van der Waals surface area contributed by atoms with Crippen LogP contribution in [0.15, 0.2) is 82.7 Å². The van der Waals surface area contributed by atoms with Crippen molar-refractivity contribution in [2.75, 3.05) is 5.32 Å². The lowest BCUT2D eigenvalue weighted by atomic mass is 10.1. The zero-order chi connectivity index (χ0) is 22.8. The van der Waals surface area contributed by atoms with Gasteiger partial charge >= 0.3 is 0 Å². The summed E-state index contributed by atoms with van der Waals surface area (Å²) in [6.07, 6.45) is 1.64. The third-order valence-electron chi connectivity index (χ3n) is 5.33. The van der Waals surface area contributed by atoms with Gasteiger partial charge in [0.25, 0.3) is 11.5 Å². The number of H-pyrrole nitrogens is 2. The largest absolute Gasteiger partial charge is 0.358 e. The van der Waals surface area contributed by atoms with Gasteiger partial charge in [0.2, 0.25) is 5.95 Å². The number of para-hydroxylation sites is 2. The molecule has 5 rings (SSSR count). The van der Waals surface area contributed by atoms with Crippen LogP contribution in [0, 0.1) is 6.92 Å². The zero-order valence-corrected chi connectivity index (χ0v) is 17.7. The fraction of sp³-hybridized carbons (Fsp3) is 0.0400. The minimum Gasteiger partial charge on any atom is -0.358 e. The predicted molar refractivity (Wildman–Crippen MR) is 130 cm³/mol. The molecule has 0 fully saturated rings. The summed E-state index contributed by atoms with van der Waals surface area (Å²) in [6.45, 7) is 1.96. The maximum atomic E-state index is 12.5. The van der Waals surface area contributed by atoms with E-state index in [2.05, 4.69) is 30.8 Å². The molecule has 8 heteroatoms. The number of aromatic amines is 2. The van der Waals surface area contributed by atoms with E-state index in [4.69, 9.17) is 0 Å². The van der Waals surface area contributed by atoms with Crippen LogP contribution in [-0.2, 0) is 0 Å². The van der Waals surface area contributed by atoms with Crippen molar-refractivity contribution in [3.8, 4) is 0 Å². The predicted octanol–water partition coefficient (Wildman–Crippen LogP) is 4.22. The highest BCUT2D eigenvalue weighted by Gasteiger charge is 2.08. The number of amides is 1. The van der Waals surface area contributed by atoms with E-state index in [0.29, 0.717) is 28.1 Å². The van der Waals surface area contributed by atoms with Crippen molar-refractivity contribution < 1.29 is 4.79 Å². The van der Waals surface area contributed by atoms with E-state index >= 15 is 0 Å². The maximum absolute atomic E-state index is 12.5. The van der Waals surface area contributed by atoms with E-state index in [1.165, 1.54) is 0 Å². The minimum absolute atomic E-state index is 0.220. The smallest absolute Gasteiger partial charge is 0.271 e. The second-order valence-electron chi connectivity index (χ2n) is 7.54. The molecule has 0 spiro atoms. The quantitative estimate of drug-likeness (QED) is 0.244. The summed E-state index contributed by atoms with van der Waals surface area (Å²) in [4.78, 5) is 35.1. The van der Waals surface area contributed by atoms with Gasteiger partial charge in [-0.3, -0.25) is 14.6 Å².